The molecular formula is C18H25O4Se. The van der Waals surface area contributed by atoms with Gasteiger partial charge in [0.05, 0.1) is 0 Å². The van der Waals surface area contributed by atoms with Crippen molar-refractivity contribution < 1.29 is 19.1 Å². The number of hydrogen-bond acceptors (Lipinski definition) is 4. The first-order valence-corrected chi connectivity index (χ1v) is 8.40. The molecule has 1 aromatic rings. The molecule has 0 saturated carbocycles. The van der Waals surface area contributed by atoms with E-state index >= 15 is 0 Å². The summed E-state index contributed by atoms with van der Waals surface area (Å²) in [6, 6.07) is 9.09. The zero-order valence-corrected chi connectivity index (χ0v) is 16.3. The summed E-state index contributed by atoms with van der Waals surface area (Å²) in [4.78, 5) is 25.0. The summed E-state index contributed by atoms with van der Waals surface area (Å²) in [5.74, 6) is -0.937. The summed E-state index contributed by atoms with van der Waals surface area (Å²) in [7, 11) is 0. The topological polar surface area (TPSA) is 52.6 Å². The number of carbonyl (C=O) groups excluding carboxylic acids is 2. The Bertz CT molecular complexity index is 555. The zero-order chi connectivity index (χ0) is 17.9. The van der Waals surface area contributed by atoms with Crippen LogP contribution in [0.25, 0.3) is 0 Å². The van der Waals surface area contributed by atoms with E-state index in [0.29, 0.717) is 5.56 Å². The Kier molecular flexibility index (Phi) is 6.06. The van der Waals surface area contributed by atoms with E-state index in [4.69, 9.17) is 9.47 Å². The summed E-state index contributed by atoms with van der Waals surface area (Å²) in [5, 5.41) is 0. The third-order valence-corrected chi connectivity index (χ3v) is 3.93. The summed E-state index contributed by atoms with van der Waals surface area (Å²) >= 11 is 2.87. The van der Waals surface area contributed by atoms with Crippen LogP contribution in [-0.4, -0.2) is 39.2 Å². The molecule has 0 aliphatic heterocycles. The molecule has 0 aliphatic rings. The van der Waals surface area contributed by atoms with Crippen molar-refractivity contribution in [1.29, 1.82) is 0 Å². The molecule has 23 heavy (non-hydrogen) atoms. The summed E-state index contributed by atoms with van der Waals surface area (Å²) < 4.78 is 9.67. The molecular weight excluding hydrogens is 359 g/mol. The van der Waals surface area contributed by atoms with Gasteiger partial charge in [-0.3, -0.25) is 0 Å². The van der Waals surface area contributed by atoms with E-state index < -0.39 is 27.5 Å². The fourth-order valence-corrected chi connectivity index (χ4v) is 2.56. The monoisotopic (exact) mass is 385 g/mol. The summed E-state index contributed by atoms with van der Waals surface area (Å²) in [6.45, 7) is 10.8. The van der Waals surface area contributed by atoms with Crippen molar-refractivity contribution in [3.63, 3.8) is 0 Å². The van der Waals surface area contributed by atoms with Crippen LogP contribution >= 0.6 is 0 Å². The van der Waals surface area contributed by atoms with Crippen LogP contribution in [0.5, 0.6) is 0 Å². The van der Waals surface area contributed by atoms with Gasteiger partial charge in [0.25, 0.3) is 0 Å². The van der Waals surface area contributed by atoms with E-state index in [-0.39, 0.29) is 6.42 Å². The molecule has 1 aromatic carbocycles. The summed E-state index contributed by atoms with van der Waals surface area (Å²) in [6.07, 6.45) is -0.122. The molecule has 1 unspecified atom stereocenters. The zero-order valence-electron chi connectivity index (χ0n) is 14.6. The first-order chi connectivity index (χ1) is 10.3. The first-order valence-electron chi connectivity index (χ1n) is 7.55. The van der Waals surface area contributed by atoms with Crippen LogP contribution < -0.4 is 0 Å². The van der Waals surface area contributed by atoms with Crippen LogP contribution in [0.15, 0.2) is 30.3 Å². The van der Waals surface area contributed by atoms with Gasteiger partial charge in [-0.2, -0.15) is 0 Å². The second-order valence-corrected chi connectivity index (χ2v) is 8.92. The molecule has 1 rings (SSSR count). The van der Waals surface area contributed by atoms with Gasteiger partial charge in [-0.05, 0) is 0 Å². The van der Waals surface area contributed by atoms with Gasteiger partial charge in [-0.1, -0.05) is 0 Å². The third kappa shape index (κ3) is 6.36. The Labute approximate surface area is 146 Å². The van der Waals surface area contributed by atoms with Crippen LogP contribution in [-0.2, 0) is 23.4 Å². The Hall–Kier alpha value is -1.32. The Morgan fingerprint density at radius 2 is 1.39 bits per heavy atom. The number of rotatable bonds is 4. The minimum absolute atomic E-state index is 0.122. The Morgan fingerprint density at radius 3 is 1.83 bits per heavy atom. The molecule has 0 aliphatic carbocycles. The van der Waals surface area contributed by atoms with Crippen molar-refractivity contribution >= 4 is 28.0 Å². The van der Waals surface area contributed by atoms with Gasteiger partial charge in [-0.25, -0.2) is 0 Å². The second-order valence-electron chi connectivity index (χ2n) is 7.46. The van der Waals surface area contributed by atoms with E-state index in [2.05, 4.69) is 16.0 Å². The van der Waals surface area contributed by atoms with E-state index in [9.17, 15) is 9.59 Å². The summed E-state index contributed by atoms with van der Waals surface area (Å²) in [5.41, 5.74) is -0.572. The predicted octanol–water partition coefficient (Wildman–Crippen LogP) is 3.12. The van der Waals surface area contributed by atoms with Gasteiger partial charge in [0.1, 0.15) is 0 Å². The van der Waals surface area contributed by atoms with Crippen molar-refractivity contribution in [1.82, 2.24) is 0 Å². The van der Waals surface area contributed by atoms with Crippen molar-refractivity contribution in [3.8, 4) is 0 Å². The average molecular weight is 384 g/mol. The van der Waals surface area contributed by atoms with Gasteiger partial charge in [-0.15, -0.1) is 0 Å². The molecule has 127 valence electrons. The molecule has 0 fully saturated rings. The van der Waals surface area contributed by atoms with E-state index in [1.807, 2.05) is 18.2 Å². The fraction of sp³-hybridized carbons (Fsp3) is 0.556. The van der Waals surface area contributed by atoms with Gasteiger partial charge < -0.3 is 0 Å². The van der Waals surface area contributed by atoms with Gasteiger partial charge >= 0.3 is 146 Å². The Morgan fingerprint density at radius 1 is 0.913 bits per heavy atom. The van der Waals surface area contributed by atoms with Crippen LogP contribution in [0.2, 0.25) is 0 Å². The number of hydrogen-bond donors (Lipinski definition) is 0. The molecule has 0 bridgehead atoms. The normalized spacial score (nSPS) is 14.7. The number of carbonyl (C=O) groups is 2. The molecule has 4 nitrogen and oxygen atoms in total. The van der Waals surface area contributed by atoms with Crippen molar-refractivity contribution in [2.75, 3.05) is 0 Å². The Balaban J connectivity index is 3.12. The quantitative estimate of drug-likeness (QED) is 0.591. The average Bonchev–Trinajstić information content (AvgIpc) is 2.35. The molecule has 0 amide bonds. The number of benzene rings is 1. The van der Waals surface area contributed by atoms with Crippen LogP contribution in [0.4, 0.5) is 0 Å². The standard InChI is InChI=1S/C18H25O4Se/c1-16(2,3)21-14(19)12-18(23,13-10-8-7-9-11-13)15(20)22-17(4,5)6/h7-11H,12H2,1-6H3. The van der Waals surface area contributed by atoms with Gasteiger partial charge in [0, 0.05) is 0 Å². The molecule has 1 atom stereocenters. The molecule has 0 saturated heterocycles. The van der Waals surface area contributed by atoms with Crippen LogP contribution in [0, 0.1) is 0 Å². The van der Waals surface area contributed by atoms with Crippen molar-refractivity contribution in [2.45, 2.75) is 63.5 Å². The van der Waals surface area contributed by atoms with Gasteiger partial charge in [0.15, 0.2) is 0 Å². The minimum atomic E-state index is -1.21. The second kappa shape index (κ2) is 7.06. The first kappa shape index (κ1) is 19.7. The third-order valence-electron chi connectivity index (χ3n) is 2.78. The molecule has 0 heterocycles. The van der Waals surface area contributed by atoms with Crippen molar-refractivity contribution in [2.24, 2.45) is 0 Å². The van der Waals surface area contributed by atoms with Crippen LogP contribution in [0.3, 0.4) is 0 Å². The van der Waals surface area contributed by atoms with Crippen LogP contribution in [0.1, 0.15) is 53.5 Å². The number of esters is 2. The predicted molar refractivity (Wildman–Crippen MR) is 90.2 cm³/mol. The molecule has 0 N–H and O–H groups in total. The van der Waals surface area contributed by atoms with E-state index in [1.165, 1.54) is 0 Å². The molecule has 0 aromatic heterocycles. The van der Waals surface area contributed by atoms with E-state index in [0.717, 1.165) is 0 Å². The maximum atomic E-state index is 12.7. The van der Waals surface area contributed by atoms with Crippen molar-refractivity contribution in [3.05, 3.63) is 35.9 Å². The molecule has 0 spiro atoms. The molecule has 1 radical (unpaired) electrons. The SMILES string of the molecule is CC(C)(C)OC(=O)CC([Se])(C(=O)OC(C)(C)C)c1ccccc1. The number of ether oxygens (including phenoxy) is 2. The van der Waals surface area contributed by atoms with Gasteiger partial charge in [0.2, 0.25) is 0 Å². The fourth-order valence-electron chi connectivity index (χ4n) is 1.94. The van der Waals surface area contributed by atoms with E-state index in [1.54, 1.807) is 53.7 Å². The maximum absolute atomic E-state index is 12.7. The molecule has 5 heteroatoms.